The average molecular weight is 554 g/mol. The van der Waals surface area contributed by atoms with Crippen molar-refractivity contribution in [3.63, 3.8) is 0 Å². The summed E-state index contributed by atoms with van der Waals surface area (Å²) in [4.78, 5) is 34.5. The number of fused-ring (bicyclic) bond motifs is 1. The molecular formula is C33H67N3O3. The van der Waals surface area contributed by atoms with E-state index in [9.17, 15) is 14.4 Å². The predicted molar refractivity (Wildman–Crippen MR) is 168 cm³/mol. The van der Waals surface area contributed by atoms with E-state index in [4.69, 9.17) is 0 Å². The van der Waals surface area contributed by atoms with Gasteiger partial charge in [0.15, 0.2) is 0 Å². The molecule has 0 saturated heterocycles. The topological polar surface area (TPSA) is 87.3 Å². The van der Waals surface area contributed by atoms with Gasteiger partial charge < -0.3 is 16.0 Å². The predicted octanol–water partition coefficient (Wildman–Crippen LogP) is 7.65. The Morgan fingerprint density at radius 1 is 0.667 bits per heavy atom. The van der Waals surface area contributed by atoms with Crippen LogP contribution in [0.3, 0.4) is 0 Å². The fourth-order valence-electron chi connectivity index (χ4n) is 8.64. The Morgan fingerprint density at radius 3 is 1.46 bits per heavy atom. The van der Waals surface area contributed by atoms with Crippen LogP contribution < -0.4 is 16.0 Å². The molecule has 4 rings (SSSR count). The van der Waals surface area contributed by atoms with Crippen molar-refractivity contribution in [2.24, 2.45) is 28.1 Å². The molecule has 6 nitrogen and oxygen atoms in total. The Hall–Kier alpha value is -1.59. The van der Waals surface area contributed by atoms with Gasteiger partial charge in [0, 0.05) is 43.7 Å². The second-order valence-corrected chi connectivity index (χ2v) is 13.6. The Balaban J connectivity index is 0. The van der Waals surface area contributed by atoms with Gasteiger partial charge in [0.2, 0.25) is 17.7 Å². The maximum atomic E-state index is 11.9. The van der Waals surface area contributed by atoms with Gasteiger partial charge in [-0.1, -0.05) is 47.0 Å². The first-order valence-corrected chi connectivity index (χ1v) is 16.3. The zero-order chi connectivity index (χ0) is 28.9. The van der Waals surface area contributed by atoms with Crippen LogP contribution in [0, 0.1) is 28.1 Å². The van der Waals surface area contributed by atoms with Crippen LogP contribution in [0.5, 0.6) is 0 Å². The number of unbranched alkanes of at least 4 members (excludes halogenated alkanes) is 3. The third-order valence-corrected chi connectivity index (χ3v) is 9.82. The summed E-state index contributed by atoms with van der Waals surface area (Å²) < 4.78 is 0. The van der Waals surface area contributed by atoms with E-state index < -0.39 is 0 Å². The zero-order valence-electron chi connectivity index (χ0n) is 26.3. The lowest BCUT2D eigenvalue weighted by molar-refractivity contribution is -0.124. The quantitative estimate of drug-likeness (QED) is 0.172. The summed E-state index contributed by atoms with van der Waals surface area (Å²) in [5.74, 6) is 1.25. The molecule has 39 heavy (non-hydrogen) atoms. The average Bonchev–Trinajstić information content (AvgIpc) is 3.04. The van der Waals surface area contributed by atoms with Gasteiger partial charge in [-0.25, -0.2) is 0 Å². The van der Waals surface area contributed by atoms with Crippen molar-refractivity contribution in [1.29, 1.82) is 0 Å². The molecule has 0 aliphatic heterocycles. The van der Waals surface area contributed by atoms with Gasteiger partial charge in [-0.2, -0.15) is 0 Å². The standard InChI is InChI=1S/C31H55N3O3.C2H6.3H2/c1-24(2)28(37)34-18-10-6-12-30-15-14-29(11-5-8-16-32-25(3)35)19-27(20-30)21-31(22-29,23-30)13-7-9-17-33-26(4)36;1-2;;;/h24,27H,5-23H2,1-4H3,(H,32,35)(H,33,36)(H,34,37);1-2H3;3*1H. The summed E-state index contributed by atoms with van der Waals surface area (Å²) in [6.07, 6.45) is 20.6. The summed E-state index contributed by atoms with van der Waals surface area (Å²) in [6.45, 7) is 13.5. The molecule has 3 N–H and O–H groups in total. The van der Waals surface area contributed by atoms with E-state index in [1.54, 1.807) is 13.8 Å². The molecule has 4 unspecified atom stereocenters. The highest BCUT2D eigenvalue weighted by Gasteiger charge is 2.58. The second-order valence-electron chi connectivity index (χ2n) is 13.6. The first-order chi connectivity index (χ1) is 18.6. The van der Waals surface area contributed by atoms with Gasteiger partial charge in [-0.05, 0) is 106 Å². The molecule has 0 heterocycles. The lowest BCUT2D eigenvalue weighted by atomic mass is 9.49. The Kier molecular flexibility index (Phi) is 13.8. The largest absolute Gasteiger partial charge is 0.356 e. The van der Waals surface area contributed by atoms with Crippen LogP contribution in [0.1, 0.15) is 149 Å². The minimum Gasteiger partial charge on any atom is -0.356 e. The second kappa shape index (κ2) is 16.0. The molecule has 0 spiro atoms. The zero-order valence-corrected chi connectivity index (χ0v) is 26.3. The van der Waals surface area contributed by atoms with E-state index in [1.165, 1.54) is 83.5 Å². The summed E-state index contributed by atoms with van der Waals surface area (Å²) >= 11 is 0. The Bertz CT molecular complexity index is 800. The number of rotatable bonds is 16. The van der Waals surface area contributed by atoms with Crippen LogP contribution in [0.2, 0.25) is 0 Å². The molecular weight excluding hydrogens is 486 g/mol. The first-order valence-electron chi connectivity index (χ1n) is 16.3. The molecule has 4 aliphatic rings. The highest BCUT2D eigenvalue weighted by atomic mass is 16.2. The fraction of sp³-hybridized carbons (Fsp3) is 0.909. The van der Waals surface area contributed by atoms with Crippen LogP contribution in [0.25, 0.3) is 0 Å². The van der Waals surface area contributed by atoms with Crippen molar-refractivity contribution in [3.05, 3.63) is 0 Å². The van der Waals surface area contributed by atoms with Gasteiger partial charge in [-0.15, -0.1) is 0 Å². The van der Waals surface area contributed by atoms with E-state index in [0.717, 1.165) is 44.8 Å². The third-order valence-electron chi connectivity index (χ3n) is 9.82. The summed E-state index contributed by atoms with van der Waals surface area (Å²) in [7, 11) is 0. The van der Waals surface area contributed by atoms with Gasteiger partial charge in [0.1, 0.15) is 0 Å². The number of amides is 3. The molecule has 0 aromatic heterocycles. The van der Waals surface area contributed by atoms with Crippen LogP contribution in [-0.2, 0) is 14.4 Å². The van der Waals surface area contributed by atoms with E-state index in [2.05, 4.69) is 16.0 Å². The Labute approximate surface area is 244 Å². The third kappa shape index (κ3) is 10.7. The number of hydrogen-bond donors (Lipinski definition) is 3. The van der Waals surface area contributed by atoms with Crippen molar-refractivity contribution in [2.75, 3.05) is 19.6 Å². The van der Waals surface area contributed by atoms with Crippen molar-refractivity contribution in [1.82, 2.24) is 16.0 Å². The lowest BCUT2D eigenvalue weighted by Gasteiger charge is -2.56. The van der Waals surface area contributed by atoms with E-state index in [1.807, 2.05) is 27.7 Å². The van der Waals surface area contributed by atoms with Gasteiger partial charge >= 0.3 is 0 Å². The van der Waals surface area contributed by atoms with Crippen molar-refractivity contribution < 1.29 is 18.7 Å². The number of hydrogen-bond acceptors (Lipinski definition) is 3. The molecule has 0 aromatic carbocycles. The van der Waals surface area contributed by atoms with Crippen molar-refractivity contribution >= 4 is 17.7 Å². The summed E-state index contributed by atoms with van der Waals surface area (Å²) in [5.41, 5.74) is 1.44. The smallest absolute Gasteiger partial charge is 0.222 e. The van der Waals surface area contributed by atoms with Gasteiger partial charge in [0.05, 0.1) is 0 Å². The highest BCUT2D eigenvalue weighted by Crippen LogP contribution is 2.69. The fourth-order valence-corrected chi connectivity index (χ4v) is 8.64. The van der Waals surface area contributed by atoms with E-state index in [0.29, 0.717) is 16.2 Å². The van der Waals surface area contributed by atoms with E-state index >= 15 is 0 Å². The van der Waals surface area contributed by atoms with Crippen LogP contribution in [-0.4, -0.2) is 37.4 Å². The minimum absolute atomic E-state index is 0. The van der Waals surface area contributed by atoms with Crippen molar-refractivity contribution in [2.45, 2.75) is 144 Å². The van der Waals surface area contributed by atoms with Crippen LogP contribution in [0.4, 0.5) is 0 Å². The number of nitrogens with one attached hydrogen (secondary N) is 3. The maximum Gasteiger partial charge on any atom is 0.222 e. The molecule has 4 bridgehead atoms. The van der Waals surface area contributed by atoms with Crippen molar-refractivity contribution in [3.8, 4) is 0 Å². The first kappa shape index (κ1) is 33.6. The number of carbonyl (C=O) groups excluding carboxylic acids is 3. The number of carbonyl (C=O) groups is 3. The monoisotopic (exact) mass is 554 g/mol. The molecule has 232 valence electrons. The summed E-state index contributed by atoms with van der Waals surface area (Å²) in [5, 5.41) is 9.07. The Morgan fingerprint density at radius 2 is 1.05 bits per heavy atom. The SMILES string of the molecule is CC.CC(=O)NCCCCC12CCC3(CCCCNC(=O)C(C)C)CC(C1)CC(CCCCNC(C)=O)(C2)C3.[HH].[HH].[HH]. The van der Waals surface area contributed by atoms with E-state index in [-0.39, 0.29) is 27.9 Å². The molecule has 4 saturated carbocycles. The lowest BCUT2D eigenvalue weighted by Crippen LogP contribution is -2.45. The molecule has 0 radical (unpaired) electrons. The van der Waals surface area contributed by atoms with Gasteiger partial charge in [-0.3, -0.25) is 14.4 Å². The molecule has 6 heteroatoms. The van der Waals surface area contributed by atoms with Crippen LogP contribution >= 0.6 is 0 Å². The summed E-state index contributed by atoms with van der Waals surface area (Å²) in [6, 6.07) is 0. The molecule has 4 atom stereocenters. The van der Waals surface area contributed by atoms with Crippen LogP contribution in [0.15, 0.2) is 0 Å². The normalized spacial score (nSPS) is 28.8. The maximum absolute atomic E-state index is 11.9. The molecule has 3 amide bonds. The molecule has 4 aliphatic carbocycles. The van der Waals surface area contributed by atoms with Gasteiger partial charge in [0.25, 0.3) is 0 Å². The molecule has 4 fully saturated rings. The molecule has 0 aromatic rings. The highest BCUT2D eigenvalue weighted by molar-refractivity contribution is 5.77. The minimum atomic E-state index is 0.